The lowest BCUT2D eigenvalue weighted by Crippen LogP contribution is -2.54. The van der Waals surface area contributed by atoms with E-state index in [2.05, 4.69) is 39.7 Å². The monoisotopic (exact) mass is 321 g/mol. The van der Waals surface area contributed by atoms with Crippen molar-refractivity contribution in [3.63, 3.8) is 0 Å². The van der Waals surface area contributed by atoms with Crippen molar-refractivity contribution in [2.24, 2.45) is 5.92 Å². The molecule has 1 aromatic heterocycles. The molecule has 0 aliphatic carbocycles. The smallest absolute Gasteiger partial charge is 0.226 e. The predicted octanol–water partition coefficient (Wildman–Crippen LogP) is 2.98. The molecule has 0 radical (unpaired) electrons. The minimum absolute atomic E-state index is 0.0983. The molecule has 1 amide bonds. The molecule has 112 valence electrons. The fourth-order valence-electron chi connectivity index (χ4n) is 2.36. The van der Waals surface area contributed by atoms with Crippen LogP contribution in [0, 0.1) is 5.92 Å². The fraction of sp³-hybridized carbons (Fsp3) is 0.467. The topological polar surface area (TPSA) is 45.2 Å². The Balaban J connectivity index is 1.68. The Hall–Kier alpha value is -1.27. The number of nitrogens with zero attached hydrogens (tertiary/aromatic N) is 2. The molecule has 1 aliphatic rings. The van der Waals surface area contributed by atoms with Gasteiger partial charge in [-0.25, -0.2) is 4.98 Å². The number of thiazole rings is 1. The molecule has 1 fully saturated rings. The zero-order valence-corrected chi connectivity index (χ0v) is 14.1. The number of rotatable bonds is 4. The first-order valence-electron chi connectivity index (χ1n) is 7.06. The highest BCUT2D eigenvalue weighted by molar-refractivity contribution is 7.98. The van der Waals surface area contributed by atoms with Gasteiger partial charge in [0.2, 0.25) is 5.91 Å². The van der Waals surface area contributed by atoms with Crippen LogP contribution in [-0.4, -0.2) is 36.3 Å². The Labute approximate surface area is 132 Å². The van der Waals surface area contributed by atoms with Gasteiger partial charge in [-0.2, -0.15) is 0 Å². The van der Waals surface area contributed by atoms with Crippen molar-refractivity contribution in [3.8, 4) is 0 Å². The number of hydrogen-bond donors (Lipinski definition) is 1. The molecule has 0 atom stereocenters. The van der Waals surface area contributed by atoms with Gasteiger partial charge in [0, 0.05) is 24.0 Å². The van der Waals surface area contributed by atoms with E-state index in [4.69, 9.17) is 0 Å². The van der Waals surface area contributed by atoms with Gasteiger partial charge >= 0.3 is 0 Å². The molecular formula is C15H19N3OS2. The Morgan fingerprint density at radius 2 is 2.24 bits per heavy atom. The van der Waals surface area contributed by atoms with E-state index < -0.39 is 0 Å². The Morgan fingerprint density at radius 3 is 2.90 bits per heavy atom. The molecule has 2 heterocycles. The van der Waals surface area contributed by atoms with E-state index in [0.717, 1.165) is 23.7 Å². The largest absolute Gasteiger partial charge is 0.354 e. The quantitative estimate of drug-likeness (QED) is 0.880. The van der Waals surface area contributed by atoms with Crippen LogP contribution in [0.4, 0.5) is 5.13 Å². The second-order valence-corrected chi connectivity index (χ2v) is 7.48. The van der Waals surface area contributed by atoms with E-state index in [1.165, 1.54) is 9.60 Å². The maximum atomic E-state index is 11.9. The third-order valence-electron chi connectivity index (χ3n) is 3.54. The normalized spacial score (nSPS) is 15.5. The number of hydrogen-bond acceptors (Lipinski definition) is 5. The highest BCUT2D eigenvalue weighted by atomic mass is 32.2. The van der Waals surface area contributed by atoms with E-state index >= 15 is 0 Å². The molecule has 0 bridgehead atoms. The number of benzene rings is 1. The van der Waals surface area contributed by atoms with Crippen LogP contribution in [0.2, 0.25) is 0 Å². The number of amides is 1. The highest BCUT2D eigenvalue weighted by Crippen LogP contribution is 2.34. The molecule has 3 rings (SSSR count). The summed E-state index contributed by atoms with van der Waals surface area (Å²) in [4.78, 5) is 20.0. The molecule has 1 aromatic carbocycles. The Morgan fingerprint density at radius 1 is 1.48 bits per heavy atom. The van der Waals surface area contributed by atoms with Crippen LogP contribution >= 0.6 is 23.1 Å². The summed E-state index contributed by atoms with van der Waals surface area (Å²) >= 11 is 3.45. The molecule has 1 saturated heterocycles. The third-order valence-corrected chi connectivity index (χ3v) is 5.34. The van der Waals surface area contributed by atoms with Crippen LogP contribution in [0.1, 0.15) is 13.8 Å². The Bertz CT molecular complexity index is 662. The summed E-state index contributed by atoms with van der Waals surface area (Å²) in [6, 6.07) is 6.57. The number of aromatic nitrogens is 1. The second kappa shape index (κ2) is 5.85. The van der Waals surface area contributed by atoms with Crippen molar-refractivity contribution in [3.05, 3.63) is 18.2 Å². The first-order chi connectivity index (χ1) is 10.1. The molecule has 2 aromatic rings. The van der Waals surface area contributed by atoms with Crippen molar-refractivity contribution in [1.29, 1.82) is 0 Å². The lowest BCUT2D eigenvalue weighted by Gasteiger charge is -2.38. The molecular weight excluding hydrogens is 302 g/mol. The zero-order valence-electron chi connectivity index (χ0n) is 12.4. The van der Waals surface area contributed by atoms with E-state index in [0.29, 0.717) is 0 Å². The zero-order chi connectivity index (χ0) is 15.0. The van der Waals surface area contributed by atoms with Crippen LogP contribution in [0.3, 0.4) is 0 Å². The molecule has 0 saturated carbocycles. The summed E-state index contributed by atoms with van der Waals surface area (Å²) < 4.78 is 1.21. The van der Waals surface area contributed by atoms with Crippen LogP contribution in [0.15, 0.2) is 23.1 Å². The molecule has 4 nitrogen and oxygen atoms in total. The van der Waals surface area contributed by atoms with Gasteiger partial charge < -0.3 is 10.2 Å². The minimum atomic E-state index is 0.0983. The summed E-state index contributed by atoms with van der Waals surface area (Å²) in [7, 11) is 0. The molecule has 1 N–H and O–H groups in total. The van der Waals surface area contributed by atoms with Crippen LogP contribution in [0.5, 0.6) is 0 Å². The molecule has 0 unspecified atom stereocenters. The van der Waals surface area contributed by atoms with Gasteiger partial charge in [0.1, 0.15) is 0 Å². The first kappa shape index (κ1) is 14.7. The van der Waals surface area contributed by atoms with Crippen molar-refractivity contribution in [2.45, 2.75) is 24.8 Å². The van der Waals surface area contributed by atoms with Crippen LogP contribution in [0.25, 0.3) is 10.2 Å². The Kier molecular flexibility index (Phi) is 4.08. The maximum Gasteiger partial charge on any atom is 0.226 e. The van der Waals surface area contributed by atoms with E-state index in [9.17, 15) is 4.79 Å². The van der Waals surface area contributed by atoms with Gasteiger partial charge in [-0.1, -0.05) is 11.3 Å². The number of carbonyl (C=O) groups excluding carboxylic acids is 1. The van der Waals surface area contributed by atoms with Gasteiger partial charge in [-0.05, 0) is 38.3 Å². The molecule has 6 heteroatoms. The molecule has 21 heavy (non-hydrogen) atoms. The lowest BCUT2D eigenvalue weighted by atomic mass is 10.00. The van der Waals surface area contributed by atoms with Crippen molar-refractivity contribution in [2.75, 3.05) is 24.2 Å². The van der Waals surface area contributed by atoms with Crippen molar-refractivity contribution >= 4 is 44.4 Å². The number of nitrogens with one attached hydrogen (secondary N) is 1. The lowest BCUT2D eigenvalue weighted by molar-refractivity contribution is -0.126. The average Bonchev–Trinajstić information content (AvgIpc) is 2.77. The molecule has 0 spiro atoms. The highest BCUT2D eigenvalue weighted by Gasteiger charge is 2.34. The number of carbonyl (C=O) groups is 1. The maximum absolute atomic E-state index is 11.9. The van der Waals surface area contributed by atoms with Gasteiger partial charge in [-0.3, -0.25) is 4.79 Å². The average molecular weight is 321 g/mol. The first-order valence-corrected chi connectivity index (χ1v) is 9.11. The van der Waals surface area contributed by atoms with E-state index in [1.807, 2.05) is 13.8 Å². The third kappa shape index (κ3) is 3.01. The number of thioether (sulfide) groups is 1. The number of anilines is 1. The van der Waals surface area contributed by atoms with Crippen LogP contribution < -0.4 is 10.2 Å². The van der Waals surface area contributed by atoms with Crippen LogP contribution in [-0.2, 0) is 4.79 Å². The van der Waals surface area contributed by atoms with Crippen molar-refractivity contribution in [1.82, 2.24) is 10.3 Å². The van der Waals surface area contributed by atoms with Gasteiger partial charge in [-0.15, -0.1) is 11.8 Å². The number of fused-ring (bicyclic) bond motifs is 1. The van der Waals surface area contributed by atoms with E-state index in [-0.39, 0.29) is 17.9 Å². The van der Waals surface area contributed by atoms with Gasteiger partial charge in [0.05, 0.1) is 16.1 Å². The summed E-state index contributed by atoms with van der Waals surface area (Å²) in [6.45, 7) is 5.53. The molecule has 1 aliphatic heterocycles. The fourth-order valence-corrected chi connectivity index (χ4v) is 3.90. The van der Waals surface area contributed by atoms with Gasteiger partial charge in [0.25, 0.3) is 0 Å². The SMILES string of the molecule is CSc1ccc2nc(N3CC(C(=O)NC(C)C)C3)sc2c1. The summed E-state index contributed by atoms with van der Waals surface area (Å²) in [5, 5.41) is 4.00. The standard InChI is InChI=1S/C15H19N3OS2/c1-9(2)16-14(19)10-7-18(8-10)15-17-12-5-4-11(20-3)6-13(12)21-15/h4-6,9-10H,7-8H2,1-3H3,(H,16,19). The van der Waals surface area contributed by atoms with Gasteiger partial charge in [0.15, 0.2) is 5.13 Å². The second-order valence-electron chi connectivity index (χ2n) is 5.60. The minimum Gasteiger partial charge on any atom is -0.354 e. The van der Waals surface area contributed by atoms with Crippen molar-refractivity contribution < 1.29 is 4.79 Å². The summed E-state index contributed by atoms with van der Waals surface area (Å²) in [5.41, 5.74) is 1.04. The predicted molar refractivity (Wildman–Crippen MR) is 90.4 cm³/mol. The summed E-state index contributed by atoms with van der Waals surface area (Å²) in [5.74, 6) is 0.258. The summed E-state index contributed by atoms with van der Waals surface area (Å²) in [6.07, 6.45) is 2.08. The van der Waals surface area contributed by atoms with E-state index in [1.54, 1.807) is 23.1 Å².